The summed E-state index contributed by atoms with van der Waals surface area (Å²) in [4.78, 5) is 16.9. The number of amides is 1. The first-order chi connectivity index (χ1) is 15.7. The maximum absolute atomic E-state index is 14.3. The zero-order valence-electron chi connectivity index (χ0n) is 19.8. The van der Waals surface area contributed by atoms with Crippen LogP contribution in [0.4, 0.5) is 10.3 Å². The number of likely N-dealkylation sites (tertiary alicyclic amines) is 1. The van der Waals surface area contributed by atoms with Crippen molar-refractivity contribution in [2.75, 3.05) is 25.0 Å². The first kappa shape index (κ1) is 23.0. The van der Waals surface area contributed by atoms with Gasteiger partial charge in [-0.2, -0.15) is 0 Å². The maximum atomic E-state index is 14.3. The van der Waals surface area contributed by atoms with Gasteiger partial charge >= 0.3 is 0 Å². The van der Waals surface area contributed by atoms with Crippen molar-refractivity contribution in [3.8, 4) is 0 Å². The van der Waals surface area contributed by atoms with Crippen molar-refractivity contribution < 1.29 is 13.7 Å². The van der Waals surface area contributed by atoms with E-state index in [-0.39, 0.29) is 11.8 Å². The largest absolute Gasteiger partial charge is 0.339 e. The first-order valence-electron chi connectivity index (χ1n) is 11.5. The Kier molecular flexibility index (Phi) is 6.54. The molecule has 0 atom stereocenters. The lowest BCUT2D eigenvalue weighted by Gasteiger charge is -2.31. The second-order valence-corrected chi connectivity index (χ2v) is 9.50. The van der Waals surface area contributed by atoms with Gasteiger partial charge in [-0.15, -0.1) is 0 Å². The molecular formula is C27H32FN3O2. The van der Waals surface area contributed by atoms with Crippen LogP contribution < -0.4 is 4.90 Å². The van der Waals surface area contributed by atoms with Crippen molar-refractivity contribution in [1.82, 2.24) is 10.1 Å². The number of aryl methyl sites for hydroxylation is 1. The summed E-state index contributed by atoms with van der Waals surface area (Å²) >= 11 is 0. The van der Waals surface area contributed by atoms with Crippen molar-refractivity contribution in [2.45, 2.75) is 51.7 Å². The number of rotatable bonds is 6. The Labute approximate surface area is 195 Å². The molecule has 1 aliphatic heterocycles. The SMILES string of the molecule is Cc1cc(C(=O)N2CCC(c3cc(N(C)Cc4ccccc4)on3)CC2)ccc1C(C)(C)F. The van der Waals surface area contributed by atoms with Crippen LogP contribution in [0.3, 0.4) is 0 Å². The molecule has 1 fully saturated rings. The van der Waals surface area contributed by atoms with Crippen LogP contribution in [0.25, 0.3) is 0 Å². The molecule has 4 rings (SSSR count). The number of anilines is 1. The fraction of sp³-hybridized carbons (Fsp3) is 0.407. The van der Waals surface area contributed by atoms with E-state index in [4.69, 9.17) is 4.52 Å². The van der Waals surface area contributed by atoms with Gasteiger partial charge in [-0.05, 0) is 62.4 Å². The summed E-state index contributed by atoms with van der Waals surface area (Å²) in [6.07, 6.45) is 1.68. The fourth-order valence-corrected chi connectivity index (χ4v) is 4.61. The fourth-order valence-electron chi connectivity index (χ4n) is 4.61. The lowest BCUT2D eigenvalue weighted by molar-refractivity contribution is 0.0711. The minimum atomic E-state index is -1.42. The van der Waals surface area contributed by atoms with E-state index in [9.17, 15) is 9.18 Å². The maximum Gasteiger partial charge on any atom is 0.253 e. The average Bonchev–Trinajstić information content (AvgIpc) is 3.29. The second kappa shape index (κ2) is 9.38. The quantitative estimate of drug-likeness (QED) is 0.474. The van der Waals surface area contributed by atoms with Crippen molar-refractivity contribution in [3.05, 3.63) is 82.5 Å². The number of nitrogens with zero attached hydrogens (tertiary/aromatic N) is 3. The van der Waals surface area contributed by atoms with Crippen LogP contribution >= 0.6 is 0 Å². The van der Waals surface area contributed by atoms with Gasteiger partial charge in [0.05, 0.1) is 5.69 Å². The summed E-state index contributed by atoms with van der Waals surface area (Å²) in [5.74, 6) is 1.02. The third-order valence-electron chi connectivity index (χ3n) is 6.47. The zero-order chi connectivity index (χ0) is 23.6. The highest BCUT2D eigenvalue weighted by Gasteiger charge is 2.28. The number of alkyl halides is 1. The number of carbonyl (C=O) groups is 1. The third-order valence-corrected chi connectivity index (χ3v) is 6.47. The third kappa shape index (κ3) is 5.27. The molecular weight excluding hydrogens is 417 g/mol. The van der Waals surface area contributed by atoms with E-state index in [0.717, 1.165) is 36.5 Å². The predicted octanol–water partition coefficient (Wildman–Crippen LogP) is 5.84. The number of halogens is 1. The highest BCUT2D eigenvalue weighted by Crippen LogP contribution is 2.32. The number of piperidine rings is 1. The van der Waals surface area contributed by atoms with E-state index in [0.29, 0.717) is 24.2 Å². The van der Waals surface area contributed by atoms with Crippen molar-refractivity contribution in [3.63, 3.8) is 0 Å². The monoisotopic (exact) mass is 449 g/mol. The Balaban J connectivity index is 1.35. The van der Waals surface area contributed by atoms with Gasteiger partial charge in [0.15, 0.2) is 0 Å². The van der Waals surface area contributed by atoms with Crippen LogP contribution in [-0.2, 0) is 12.2 Å². The Morgan fingerprint density at radius 2 is 1.85 bits per heavy atom. The van der Waals surface area contributed by atoms with E-state index in [1.807, 2.05) is 43.1 Å². The molecule has 1 amide bonds. The number of carbonyl (C=O) groups excluding carboxylic acids is 1. The van der Waals surface area contributed by atoms with E-state index >= 15 is 0 Å². The van der Waals surface area contributed by atoms with Crippen LogP contribution in [0.1, 0.15) is 65.3 Å². The van der Waals surface area contributed by atoms with Gasteiger partial charge in [-0.3, -0.25) is 4.79 Å². The smallest absolute Gasteiger partial charge is 0.253 e. The molecule has 5 nitrogen and oxygen atoms in total. The Bertz CT molecular complexity index is 1100. The predicted molar refractivity (Wildman–Crippen MR) is 128 cm³/mol. The minimum absolute atomic E-state index is 0.00296. The van der Waals surface area contributed by atoms with Gasteiger partial charge < -0.3 is 14.3 Å². The molecule has 174 valence electrons. The summed E-state index contributed by atoms with van der Waals surface area (Å²) in [5, 5.41) is 4.32. The highest BCUT2D eigenvalue weighted by atomic mass is 19.1. The molecule has 0 bridgehead atoms. The molecule has 2 heterocycles. The van der Waals surface area contributed by atoms with Crippen molar-refractivity contribution in [1.29, 1.82) is 0 Å². The van der Waals surface area contributed by atoms with Crippen LogP contribution in [0.5, 0.6) is 0 Å². The number of aromatic nitrogens is 1. The number of hydrogen-bond donors (Lipinski definition) is 0. The van der Waals surface area contributed by atoms with E-state index in [1.54, 1.807) is 18.2 Å². The van der Waals surface area contributed by atoms with Gasteiger partial charge in [0.1, 0.15) is 5.67 Å². The van der Waals surface area contributed by atoms with Crippen molar-refractivity contribution >= 4 is 11.8 Å². The molecule has 1 aliphatic rings. The Morgan fingerprint density at radius 3 is 2.48 bits per heavy atom. The van der Waals surface area contributed by atoms with Gasteiger partial charge in [0, 0.05) is 44.2 Å². The number of hydrogen-bond acceptors (Lipinski definition) is 4. The lowest BCUT2D eigenvalue weighted by atomic mass is 9.92. The Morgan fingerprint density at radius 1 is 1.15 bits per heavy atom. The Hall–Kier alpha value is -3.15. The van der Waals surface area contributed by atoms with Crippen molar-refractivity contribution in [2.24, 2.45) is 0 Å². The number of benzene rings is 2. The van der Waals surface area contributed by atoms with Gasteiger partial charge in [0.25, 0.3) is 5.91 Å². The molecule has 3 aromatic rings. The molecule has 0 unspecified atom stereocenters. The second-order valence-electron chi connectivity index (χ2n) is 9.50. The summed E-state index contributed by atoms with van der Waals surface area (Å²) in [6, 6.07) is 17.5. The van der Waals surface area contributed by atoms with Crippen LogP contribution in [0, 0.1) is 6.92 Å². The molecule has 0 N–H and O–H groups in total. The minimum Gasteiger partial charge on any atom is -0.339 e. The molecule has 1 aromatic heterocycles. The lowest BCUT2D eigenvalue weighted by Crippen LogP contribution is -2.38. The normalized spacial score (nSPS) is 15.0. The highest BCUT2D eigenvalue weighted by molar-refractivity contribution is 5.94. The van der Waals surface area contributed by atoms with E-state index in [1.165, 1.54) is 19.4 Å². The first-order valence-corrected chi connectivity index (χ1v) is 11.5. The van der Waals surface area contributed by atoms with Crippen LogP contribution in [0.2, 0.25) is 0 Å². The topological polar surface area (TPSA) is 49.6 Å². The van der Waals surface area contributed by atoms with E-state index in [2.05, 4.69) is 22.2 Å². The van der Waals surface area contributed by atoms with Gasteiger partial charge in [0.2, 0.25) is 5.88 Å². The summed E-state index contributed by atoms with van der Waals surface area (Å²) in [6.45, 7) is 7.02. The summed E-state index contributed by atoms with van der Waals surface area (Å²) < 4.78 is 19.9. The van der Waals surface area contributed by atoms with E-state index < -0.39 is 5.67 Å². The molecule has 0 spiro atoms. The van der Waals surface area contributed by atoms with Crippen LogP contribution in [0.15, 0.2) is 59.1 Å². The van der Waals surface area contributed by atoms with Crippen LogP contribution in [-0.4, -0.2) is 36.1 Å². The summed E-state index contributed by atoms with van der Waals surface area (Å²) in [5.41, 5.74) is 2.78. The summed E-state index contributed by atoms with van der Waals surface area (Å²) in [7, 11) is 2.00. The standard InChI is InChI=1S/C27H32FN3O2/c1-19-16-22(10-11-23(19)27(2,3)28)26(32)31-14-12-21(13-15-31)24-17-25(33-29-24)30(4)18-20-8-6-5-7-9-20/h5-11,16-17,21H,12-15,18H2,1-4H3. The van der Waals surface area contributed by atoms with Gasteiger partial charge in [-0.25, -0.2) is 4.39 Å². The molecule has 6 heteroatoms. The molecule has 0 radical (unpaired) electrons. The molecule has 1 saturated heterocycles. The molecule has 2 aromatic carbocycles. The molecule has 33 heavy (non-hydrogen) atoms. The average molecular weight is 450 g/mol. The van der Waals surface area contributed by atoms with Gasteiger partial charge in [-0.1, -0.05) is 41.6 Å². The molecule has 0 aliphatic carbocycles. The molecule has 0 saturated carbocycles. The zero-order valence-corrected chi connectivity index (χ0v) is 19.8.